The van der Waals surface area contributed by atoms with Crippen molar-refractivity contribution in [2.45, 2.75) is 26.1 Å². The van der Waals surface area contributed by atoms with Crippen molar-refractivity contribution in [3.8, 4) is 0 Å². The lowest BCUT2D eigenvalue weighted by Gasteiger charge is -2.39. The average Bonchev–Trinajstić information content (AvgIpc) is 3.01. The molecule has 2 aromatic rings. The zero-order valence-corrected chi connectivity index (χ0v) is 14.5. The second kappa shape index (κ2) is 6.40. The fourth-order valence-corrected chi connectivity index (χ4v) is 3.52. The summed E-state index contributed by atoms with van der Waals surface area (Å²) >= 11 is 0. The summed E-state index contributed by atoms with van der Waals surface area (Å²) in [4.78, 5) is 19.2. The molecule has 1 atom stereocenters. The predicted octanol–water partition coefficient (Wildman–Crippen LogP) is -0.461. The minimum Gasteiger partial charge on any atom is -0.352 e. The molecule has 2 aromatic heterocycles. The third-order valence-electron chi connectivity index (χ3n) is 5.05. The Bertz CT molecular complexity index is 753. The Kier molecular flexibility index (Phi) is 4.08. The smallest absolute Gasteiger partial charge is 0.241 e. The third kappa shape index (κ3) is 2.95. The van der Waals surface area contributed by atoms with Gasteiger partial charge in [0.25, 0.3) is 0 Å². The Morgan fingerprint density at radius 1 is 1.16 bits per heavy atom. The van der Waals surface area contributed by atoms with E-state index in [4.69, 9.17) is 0 Å². The van der Waals surface area contributed by atoms with Gasteiger partial charge >= 0.3 is 0 Å². The van der Waals surface area contributed by atoms with E-state index in [0.29, 0.717) is 26.2 Å². The summed E-state index contributed by atoms with van der Waals surface area (Å²) < 4.78 is 2.05. The maximum absolute atomic E-state index is 13.0. The van der Waals surface area contributed by atoms with E-state index >= 15 is 0 Å². The van der Waals surface area contributed by atoms with Gasteiger partial charge in [0, 0.05) is 32.4 Å². The molecule has 1 saturated heterocycles. The Balaban J connectivity index is 1.42. The highest BCUT2D eigenvalue weighted by Crippen LogP contribution is 2.19. The van der Waals surface area contributed by atoms with Crippen LogP contribution in [0.3, 0.4) is 0 Å². The van der Waals surface area contributed by atoms with E-state index in [0.717, 1.165) is 30.6 Å². The second-order valence-electron chi connectivity index (χ2n) is 6.60. The van der Waals surface area contributed by atoms with E-state index < -0.39 is 0 Å². The van der Waals surface area contributed by atoms with Gasteiger partial charge in [-0.25, -0.2) is 0 Å². The number of likely N-dealkylation sites (N-methyl/N-ethyl adjacent to an activating group) is 1. The molecule has 0 aromatic carbocycles. The quantitative estimate of drug-likeness (QED) is 0.730. The van der Waals surface area contributed by atoms with Gasteiger partial charge < -0.3 is 14.4 Å². The molecule has 0 bridgehead atoms. The largest absolute Gasteiger partial charge is 0.352 e. The van der Waals surface area contributed by atoms with Crippen LogP contribution in [0.5, 0.6) is 0 Å². The van der Waals surface area contributed by atoms with Crippen molar-refractivity contribution in [1.29, 1.82) is 0 Å². The fraction of sp³-hybridized carbons (Fsp3) is 0.562. The predicted molar refractivity (Wildman–Crippen MR) is 90.8 cm³/mol. The number of anilines is 1. The van der Waals surface area contributed by atoms with Gasteiger partial charge in [-0.05, 0) is 26.1 Å². The summed E-state index contributed by atoms with van der Waals surface area (Å²) in [6.07, 6.45) is 1.67. The lowest BCUT2D eigenvalue weighted by atomic mass is 10.1. The second-order valence-corrected chi connectivity index (χ2v) is 6.60. The number of amides is 1. The highest BCUT2D eigenvalue weighted by atomic mass is 16.2. The van der Waals surface area contributed by atoms with Gasteiger partial charge in [0.15, 0.2) is 5.82 Å². The minimum atomic E-state index is -0.162. The zero-order chi connectivity index (χ0) is 17.4. The third-order valence-corrected chi connectivity index (χ3v) is 5.05. The first kappa shape index (κ1) is 15.9. The molecular weight excluding hydrogens is 320 g/mol. The Morgan fingerprint density at radius 3 is 2.68 bits per heavy atom. The van der Waals surface area contributed by atoms with E-state index in [1.165, 1.54) is 0 Å². The molecule has 0 aliphatic carbocycles. The molecule has 1 unspecified atom stereocenters. The lowest BCUT2D eigenvalue weighted by Crippen LogP contribution is -2.56. The van der Waals surface area contributed by atoms with E-state index in [1.54, 1.807) is 6.20 Å². The monoisotopic (exact) mass is 342 g/mol. The molecule has 0 radical (unpaired) electrons. The summed E-state index contributed by atoms with van der Waals surface area (Å²) in [5.41, 5.74) is 0. The van der Waals surface area contributed by atoms with Crippen LogP contribution in [0.4, 0.5) is 5.82 Å². The lowest BCUT2D eigenvalue weighted by molar-refractivity contribution is -0.138. The molecule has 9 heteroatoms. The summed E-state index contributed by atoms with van der Waals surface area (Å²) in [5, 5.41) is 16.4. The van der Waals surface area contributed by atoms with Crippen LogP contribution in [0.1, 0.15) is 11.6 Å². The van der Waals surface area contributed by atoms with Crippen molar-refractivity contribution < 1.29 is 4.79 Å². The first-order valence-corrected chi connectivity index (χ1v) is 8.54. The summed E-state index contributed by atoms with van der Waals surface area (Å²) in [5.74, 6) is 2.85. The molecule has 0 spiro atoms. The molecular formula is C16H22N8O. The topological polar surface area (TPSA) is 83.3 Å². The number of hydrogen-bond donors (Lipinski definition) is 0. The Labute approximate surface area is 146 Å². The van der Waals surface area contributed by atoms with Crippen molar-refractivity contribution in [3.63, 3.8) is 0 Å². The van der Waals surface area contributed by atoms with Gasteiger partial charge in [-0.15, -0.1) is 15.3 Å². The first-order valence-electron chi connectivity index (χ1n) is 8.54. The van der Waals surface area contributed by atoms with Crippen LogP contribution in [0, 0.1) is 6.92 Å². The number of fused-ring (bicyclic) bond motifs is 1. The first-order chi connectivity index (χ1) is 12.1. The number of aromatic nitrogens is 5. The Hall–Kier alpha value is -2.55. The number of carbonyl (C=O) groups excluding carboxylic acids is 1. The van der Waals surface area contributed by atoms with Crippen molar-refractivity contribution in [2.24, 2.45) is 0 Å². The maximum Gasteiger partial charge on any atom is 0.241 e. The molecule has 4 heterocycles. The SMILES string of the molecule is Cc1nnc2n1CC(C(=O)N1CCN(c3cccnn3)CC1)N(C)C2. The van der Waals surface area contributed by atoms with Crippen LogP contribution in [-0.2, 0) is 17.9 Å². The normalized spacial score (nSPS) is 21.3. The summed E-state index contributed by atoms with van der Waals surface area (Å²) in [6.45, 7) is 6.16. The van der Waals surface area contributed by atoms with Crippen LogP contribution in [0.25, 0.3) is 0 Å². The Morgan fingerprint density at radius 2 is 1.96 bits per heavy atom. The van der Waals surface area contributed by atoms with Crippen LogP contribution < -0.4 is 4.90 Å². The van der Waals surface area contributed by atoms with E-state index in [1.807, 2.05) is 31.0 Å². The number of hydrogen-bond acceptors (Lipinski definition) is 7. The van der Waals surface area contributed by atoms with Gasteiger partial charge in [0.05, 0.1) is 13.1 Å². The van der Waals surface area contributed by atoms with Gasteiger partial charge in [-0.2, -0.15) is 5.10 Å². The molecule has 1 fully saturated rings. The molecule has 132 valence electrons. The molecule has 9 nitrogen and oxygen atoms in total. The minimum absolute atomic E-state index is 0.162. The van der Waals surface area contributed by atoms with E-state index in [-0.39, 0.29) is 11.9 Å². The molecule has 0 saturated carbocycles. The van der Waals surface area contributed by atoms with E-state index in [9.17, 15) is 4.79 Å². The highest BCUT2D eigenvalue weighted by Gasteiger charge is 2.35. The van der Waals surface area contributed by atoms with Crippen molar-refractivity contribution in [3.05, 3.63) is 30.0 Å². The average molecular weight is 342 g/mol. The van der Waals surface area contributed by atoms with Crippen molar-refractivity contribution in [1.82, 2.24) is 34.8 Å². The molecule has 0 N–H and O–H groups in total. The van der Waals surface area contributed by atoms with E-state index in [2.05, 4.69) is 34.8 Å². The van der Waals surface area contributed by atoms with Crippen LogP contribution in [-0.4, -0.2) is 79.9 Å². The number of rotatable bonds is 2. The van der Waals surface area contributed by atoms with Crippen LogP contribution in [0.2, 0.25) is 0 Å². The number of piperazine rings is 1. The van der Waals surface area contributed by atoms with Crippen molar-refractivity contribution in [2.75, 3.05) is 38.1 Å². The number of carbonyl (C=O) groups is 1. The maximum atomic E-state index is 13.0. The van der Waals surface area contributed by atoms with Crippen molar-refractivity contribution >= 4 is 11.7 Å². The van der Waals surface area contributed by atoms with Gasteiger partial charge in [-0.1, -0.05) is 0 Å². The number of nitrogens with zero attached hydrogens (tertiary/aromatic N) is 8. The van der Waals surface area contributed by atoms with Crippen LogP contribution in [0.15, 0.2) is 18.3 Å². The standard InChI is InChI=1S/C16H22N8O/c1-12-18-20-15-11-21(2)13(10-24(12)15)16(25)23-8-6-22(7-9-23)14-4-3-5-17-19-14/h3-5,13H,6-11H2,1-2H3. The van der Waals surface area contributed by atoms with Gasteiger partial charge in [0.1, 0.15) is 17.7 Å². The molecule has 1 amide bonds. The zero-order valence-electron chi connectivity index (χ0n) is 14.5. The van der Waals surface area contributed by atoms with Crippen LogP contribution >= 0.6 is 0 Å². The summed E-state index contributed by atoms with van der Waals surface area (Å²) in [7, 11) is 1.98. The highest BCUT2D eigenvalue weighted by molar-refractivity contribution is 5.82. The van der Waals surface area contributed by atoms with Gasteiger partial charge in [0.2, 0.25) is 5.91 Å². The number of aryl methyl sites for hydroxylation is 1. The summed E-state index contributed by atoms with van der Waals surface area (Å²) in [6, 6.07) is 3.68. The molecule has 25 heavy (non-hydrogen) atoms. The molecule has 2 aliphatic heterocycles. The molecule has 2 aliphatic rings. The fourth-order valence-electron chi connectivity index (χ4n) is 3.52. The molecule has 4 rings (SSSR count). The van der Waals surface area contributed by atoms with Gasteiger partial charge in [-0.3, -0.25) is 9.69 Å².